The molecule has 1 amide bonds. The summed E-state index contributed by atoms with van der Waals surface area (Å²) in [6, 6.07) is 7.56. The molecule has 1 heterocycles. The van der Waals surface area contributed by atoms with E-state index in [0.717, 1.165) is 18.7 Å². The highest BCUT2D eigenvalue weighted by Crippen LogP contribution is 2.23. The van der Waals surface area contributed by atoms with Crippen LogP contribution in [0.25, 0.3) is 0 Å². The maximum absolute atomic E-state index is 12.2. The lowest BCUT2D eigenvalue weighted by Crippen LogP contribution is -2.36. The molecule has 0 aliphatic carbocycles. The van der Waals surface area contributed by atoms with Gasteiger partial charge in [0, 0.05) is 11.6 Å². The zero-order chi connectivity index (χ0) is 13.1. The number of amides is 1. The van der Waals surface area contributed by atoms with Gasteiger partial charge in [-0.05, 0) is 31.0 Å². The van der Waals surface area contributed by atoms with Gasteiger partial charge in [0.1, 0.15) is 0 Å². The van der Waals surface area contributed by atoms with E-state index in [1.54, 1.807) is 0 Å². The molecule has 3 nitrogen and oxygen atoms in total. The first kappa shape index (κ1) is 13.4. The zero-order valence-corrected chi connectivity index (χ0v) is 11.5. The molecule has 18 heavy (non-hydrogen) atoms. The molecule has 3 unspecified atom stereocenters. The van der Waals surface area contributed by atoms with E-state index in [0.29, 0.717) is 10.9 Å². The first-order valence-electron chi connectivity index (χ1n) is 6.35. The molecule has 1 aliphatic heterocycles. The Kier molecular flexibility index (Phi) is 4.25. The largest absolute Gasteiger partial charge is 0.349 e. The molecule has 1 fully saturated rings. The summed E-state index contributed by atoms with van der Waals surface area (Å²) in [5.74, 6) is 0.568. The fourth-order valence-electron chi connectivity index (χ4n) is 2.39. The van der Waals surface area contributed by atoms with Crippen molar-refractivity contribution in [2.75, 3.05) is 13.1 Å². The average molecular weight is 267 g/mol. The number of hydrogen-bond donors (Lipinski definition) is 2. The zero-order valence-electron chi connectivity index (χ0n) is 10.7. The standard InChI is InChI=1S/C14H19ClN2O/c1-9-7-16-8-12(9)14(18)17-10(2)11-5-3-4-6-13(11)15/h3-6,9-10,12,16H,7-8H2,1-2H3,(H,17,18). The summed E-state index contributed by atoms with van der Waals surface area (Å²) in [7, 11) is 0. The average Bonchev–Trinajstić information content (AvgIpc) is 2.76. The molecule has 2 rings (SSSR count). The molecule has 3 atom stereocenters. The van der Waals surface area contributed by atoms with Crippen molar-refractivity contribution in [3.05, 3.63) is 34.9 Å². The van der Waals surface area contributed by atoms with E-state index in [2.05, 4.69) is 17.6 Å². The highest BCUT2D eigenvalue weighted by atomic mass is 35.5. The Balaban J connectivity index is 2.01. The molecule has 0 radical (unpaired) electrons. The molecule has 0 aromatic heterocycles. The third-order valence-electron chi connectivity index (χ3n) is 3.58. The van der Waals surface area contributed by atoms with Crippen molar-refractivity contribution in [3.63, 3.8) is 0 Å². The topological polar surface area (TPSA) is 41.1 Å². The van der Waals surface area contributed by atoms with Crippen LogP contribution in [-0.4, -0.2) is 19.0 Å². The van der Waals surface area contributed by atoms with E-state index in [1.165, 1.54) is 0 Å². The van der Waals surface area contributed by atoms with Gasteiger partial charge >= 0.3 is 0 Å². The molecular weight excluding hydrogens is 248 g/mol. The summed E-state index contributed by atoms with van der Waals surface area (Å²) >= 11 is 6.13. The SMILES string of the molecule is CC(NC(=O)C1CNCC1C)c1ccccc1Cl. The predicted molar refractivity (Wildman–Crippen MR) is 73.5 cm³/mol. The summed E-state index contributed by atoms with van der Waals surface area (Å²) in [5.41, 5.74) is 0.964. The third-order valence-corrected chi connectivity index (χ3v) is 3.93. The fourth-order valence-corrected chi connectivity index (χ4v) is 2.68. The molecule has 0 bridgehead atoms. The van der Waals surface area contributed by atoms with E-state index in [9.17, 15) is 4.79 Å². The van der Waals surface area contributed by atoms with Gasteiger partial charge < -0.3 is 10.6 Å². The van der Waals surface area contributed by atoms with Gasteiger partial charge in [0.25, 0.3) is 0 Å². The van der Waals surface area contributed by atoms with Gasteiger partial charge in [-0.1, -0.05) is 36.7 Å². The maximum atomic E-state index is 12.2. The van der Waals surface area contributed by atoms with Gasteiger partial charge in [-0.25, -0.2) is 0 Å². The molecule has 98 valence electrons. The van der Waals surface area contributed by atoms with Crippen molar-refractivity contribution in [3.8, 4) is 0 Å². The minimum absolute atomic E-state index is 0.0565. The first-order valence-corrected chi connectivity index (χ1v) is 6.73. The van der Waals surface area contributed by atoms with Crippen molar-refractivity contribution < 1.29 is 4.79 Å². The van der Waals surface area contributed by atoms with E-state index in [1.807, 2.05) is 31.2 Å². The molecule has 1 aromatic rings. The Morgan fingerprint density at radius 1 is 1.44 bits per heavy atom. The lowest BCUT2D eigenvalue weighted by Gasteiger charge is -2.20. The quantitative estimate of drug-likeness (QED) is 0.882. The van der Waals surface area contributed by atoms with Crippen LogP contribution in [0.15, 0.2) is 24.3 Å². The van der Waals surface area contributed by atoms with Crippen LogP contribution in [0.4, 0.5) is 0 Å². The maximum Gasteiger partial charge on any atom is 0.225 e. The Morgan fingerprint density at radius 3 is 2.78 bits per heavy atom. The molecule has 4 heteroatoms. The van der Waals surface area contributed by atoms with Crippen LogP contribution in [0.2, 0.25) is 5.02 Å². The third kappa shape index (κ3) is 2.85. The first-order chi connectivity index (χ1) is 8.59. The second-order valence-electron chi connectivity index (χ2n) is 4.99. The van der Waals surface area contributed by atoms with E-state index in [4.69, 9.17) is 11.6 Å². The molecule has 1 aliphatic rings. The van der Waals surface area contributed by atoms with Crippen LogP contribution >= 0.6 is 11.6 Å². The fraction of sp³-hybridized carbons (Fsp3) is 0.500. The van der Waals surface area contributed by atoms with E-state index >= 15 is 0 Å². The summed E-state index contributed by atoms with van der Waals surface area (Å²) < 4.78 is 0. The summed E-state index contributed by atoms with van der Waals surface area (Å²) in [5, 5.41) is 6.98. The van der Waals surface area contributed by atoms with Crippen LogP contribution in [0.3, 0.4) is 0 Å². The molecule has 0 spiro atoms. The Bertz CT molecular complexity index is 436. The van der Waals surface area contributed by atoms with Crippen LogP contribution in [0.1, 0.15) is 25.5 Å². The van der Waals surface area contributed by atoms with Gasteiger partial charge in [0.05, 0.1) is 12.0 Å². The lowest BCUT2D eigenvalue weighted by molar-refractivity contribution is -0.126. The Hall–Kier alpha value is -1.06. The minimum atomic E-state index is -0.0565. The van der Waals surface area contributed by atoms with Crippen molar-refractivity contribution in [2.45, 2.75) is 19.9 Å². The second kappa shape index (κ2) is 5.72. The number of carbonyl (C=O) groups excluding carboxylic acids is 1. The van der Waals surface area contributed by atoms with Crippen molar-refractivity contribution in [1.82, 2.24) is 10.6 Å². The van der Waals surface area contributed by atoms with Crippen LogP contribution in [0, 0.1) is 11.8 Å². The molecule has 1 saturated heterocycles. The number of benzene rings is 1. The van der Waals surface area contributed by atoms with Crippen LogP contribution in [0.5, 0.6) is 0 Å². The Labute approximate surface area is 113 Å². The van der Waals surface area contributed by atoms with Crippen molar-refractivity contribution in [1.29, 1.82) is 0 Å². The van der Waals surface area contributed by atoms with Gasteiger partial charge in [-0.15, -0.1) is 0 Å². The van der Waals surface area contributed by atoms with E-state index in [-0.39, 0.29) is 17.9 Å². The molecular formula is C14H19ClN2O. The van der Waals surface area contributed by atoms with E-state index < -0.39 is 0 Å². The highest BCUT2D eigenvalue weighted by Gasteiger charge is 2.30. The molecule has 2 N–H and O–H groups in total. The number of nitrogens with one attached hydrogen (secondary N) is 2. The number of hydrogen-bond acceptors (Lipinski definition) is 2. The monoisotopic (exact) mass is 266 g/mol. The lowest BCUT2D eigenvalue weighted by atomic mass is 9.96. The van der Waals surface area contributed by atoms with Gasteiger partial charge in [-0.3, -0.25) is 4.79 Å². The summed E-state index contributed by atoms with van der Waals surface area (Å²) in [6.45, 7) is 5.75. The van der Waals surface area contributed by atoms with Gasteiger partial charge in [-0.2, -0.15) is 0 Å². The predicted octanol–water partition coefficient (Wildman–Crippen LogP) is 2.37. The highest BCUT2D eigenvalue weighted by molar-refractivity contribution is 6.31. The van der Waals surface area contributed by atoms with Gasteiger partial charge in [0.15, 0.2) is 0 Å². The summed E-state index contributed by atoms with van der Waals surface area (Å²) in [6.07, 6.45) is 0. The number of carbonyl (C=O) groups is 1. The van der Waals surface area contributed by atoms with Crippen LogP contribution < -0.4 is 10.6 Å². The van der Waals surface area contributed by atoms with Crippen molar-refractivity contribution in [2.24, 2.45) is 11.8 Å². The smallest absolute Gasteiger partial charge is 0.225 e. The molecule has 1 aromatic carbocycles. The molecule has 0 saturated carbocycles. The minimum Gasteiger partial charge on any atom is -0.349 e. The van der Waals surface area contributed by atoms with Crippen LogP contribution in [-0.2, 0) is 4.79 Å². The Morgan fingerprint density at radius 2 is 2.17 bits per heavy atom. The number of halogens is 1. The normalized spacial score (nSPS) is 24.8. The second-order valence-corrected chi connectivity index (χ2v) is 5.40. The van der Waals surface area contributed by atoms with Gasteiger partial charge in [0.2, 0.25) is 5.91 Å². The summed E-state index contributed by atoms with van der Waals surface area (Å²) in [4.78, 5) is 12.2. The van der Waals surface area contributed by atoms with Crippen molar-refractivity contribution >= 4 is 17.5 Å². The number of rotatable bonds is 3.